The Morgan fingerprint density at radius 2 is 2.18 bits per heavy atom. The van der Waals surface area contributed by atoms with Gasteiger partial charge in [0.05, 0.1) is 11.9 Å². The van der Waals surface area contributed by atoms with Gasteiger partial charge in [-0.2, -0.15) is 8.42 Å². The zero-order valence-corrected chi connectivity index (χ0v) is 10.4. The molecule has 0 saturated carbocycles. The summed E-state index contributed by atoms with van der Waals surface area (Å²) in [6.45, 7) is 1.66. The quantitative estimate of drug-likeness (QED) is 0.830. The van der Waals surface area contributed by atoms with Crippen LogP contribution in [0.1, 0.15) is 5.82 Å². The lowest BCUT2D eigenvalue weighted by Crippen LogP contribution is -2.13. The topological polar surface area (TPSA) is 87.7 Å². The van der Waals surface area contributed by atoms with Crippen molar-refractivity contribution in [1.82, 2.24) is 15.0 Å². The number of hydrogen-bond donors (Lipinski definition) is 2. The second-order valence-corrected chi connectivity index (χ2v) is 5.29. The lowest BCUT2D eigenvalue weighted by molar-refractivity contribution is 0.598. The van der Waals surface area contributed by atoms with E-state index in [-0.39, 0.29) is 15.9 Å². The summed E-state index contributed by atoms with van der Waals surface area (Å²) in [5, 5.41) is 0.0715. The highest BCUT2D eigenvalue weighted by Gasteiger charge is 2.17. The van der Waals surface area contributed by atoms with Crippen molar-refractivity contribution in [2.45, 2.75) is 11.9 Å². The minimum atomic E-state index is -3.71. The van der Waals surface area contributed by atoms with Crippen LogP contribution in [-0.4, -0.2) is 23.4 Å². The van der Waals surface area contributed by atoms with Crippen LogP contribution in [-0.2, 0) is 10.0 Å². The molecule has 0 saturated heterocycles. The maximum absolute atomic E-state index is 11.9. The second-order valence-electron chi connectivity index (χ2n) is 3.28. The zero-order valence-electron chi connectivity index (χ0n) is 8.81. The molecule has 2 heterocycles. The molecule has 2 N–H and O–H groups in total. The van der Waals surface area contributed by atoms with Crippen molar-refractivity contribution < 1.29 is 8.42 Å². The number of aryl methyl sites for hydroxylation is 1. The number of anilines is 1. The van der Waals surface area contributed by atoms with Gasteiger partial charge in [0.25, 0.3) is 10.0 Å². The molecule has 90 valence electrons. The molecule has 6 nitrogen and oxygen atoms in total. The molecule has 0 fully saturated rings. The number of H-pyrrole nitrogens is 1. The molecule has 0 amide bonds. The fourth-order valence-corrected chi connectivity index (χ4v) is 2.46. The van der Waals surface area contributed by atoms with Crippen LogP contribution in [0.2, 0.25) is 5.15 Å². The maximum Gasteiger partial charge on any atom is 0.279 e. The summed E-state index contributed by atoms with van der Waals surface area (Å²) in [7, 11) is -3.71. The number of pyridine rings is 1. The molecular formula is C9H9ClN4O2S. The van der Waals surface area contributed by atoms with Gasteiger partial charge in [-0.15, -0.1) is 0 Å². The number of rotatable bonds is 3. The van der Waals surface area contributed by atoms with Gasteiger partial charge in [0.15, 0.2) is 10.2 Å². The molecule has 0 spiro atoms. The van der Waals surface area contributed by atoms with Crippen LogP contribution in [0.25, 0.3) is 0 Å². The first-order valence-corrected chi connectivity index (χ1v) is 6.50. The summed E-state index contributed by atoms with van der Waals surface area (Å²) in [5.41, 5.74) is 0.224. The van der Waals surface area contributed by atoms with Crippen molar-refractivity contribution in [1.29, 1.82) is 0 Å². The molecule has 2 aromatic heterocycles. The van der Waals surface area contributed by atoms with Crippen molar-refractivity contribution in [2.75, 3.05) is 4.72 Å². The minimum Gasteiger partial charge on any atom is -0.332 e. The number of aromatic nitrogens is 3. The van der Waals surface area contributed by atoms with Gasteiger partial charge in [0.2, 0.25) is 0 Å². The lowest BCUT2D eigenvalue weighted by Gasteiger charge is -2.06. The summed E-state index contributed by atoms with van der Waals surface area (Å²) >= 11 is 5.76. The number of nitrogens with one attached hydrogen (secondary N) is 2. The molecular weight excluding hydrogens is 264 g/mol. The molecule has 0 unspecified atom stereocenters. The van der Waals surface area contributed by atoms with Crippen LogP contribution in [0.3, 0.4) is 0 Å². The van der Waals surface area contributed by atoms with Gasteiger partial charge in [0.1, 0.15) is 5.82 Å². The minimum absolute atomic E-state index is 0.0186. The smallest absolute Gasteiger partial charge is 0.279 e. The summed E-state index contributed by atoms with van der Waals surface area (Å²) in [6, 6.07) is 3.11. The number of nitrogens with zero attached hydrogens (tertiary/aromatic N) is 2. The third-order valence-corrected chi connectivity index (χ3v) is 3.55. The van der Waals surface area contributed by atoms with E-state index in [9.17, 15) is 8.42 Å². The fraction of sp³-hybridized carbons (Fsp3) is 0.111. The Balaban J connectivity index is 2.33. The Labute approximate surface area is 103 Å². The third-order valence-electron chi connectivity index (χ3n) is 1.97. The fourth-order valence-electron chi connectivity index (χ4n) is 1.20. The average molecular weight is 273 g/mol. The standard InChI is InChI=1S/C9H9ClN4O2S/c1-6-12-5-8(13-6)17(15,16)14-7-3-2-4-11-9(7)10/h2-5,14H,1H3,(H,12,13). The van der Waals surface area contributed by atoms with Crippen LogP contribution in [0.4, 0.5) is 5.69 Å². The van der Waals surface area contributed by atoms with Crippen LogP contribution in [0.15, 0.2) is 29.6 Å². The van der Waals surface area contributed by atoms with E-state index in [2.05, 4.69) is 19.7 Å². The molecule has 0 bridgehead atoms. The first kappa shape index (κ1) is 11.9. The number of hydrogen-bond acceptors (Lipinski definition) is 4. The molecule has 0 aliphatic carbocycles. The lowest BCUT2D eigenvalue weighted by atomic mass is 10.4. The highest BCUT2D eigenvalue weighted by molar-refractivity contribution is 7.92. The SMILES string of the molecule is Cc1ncc(S(=O)(=O)Nc2cccnc2Cl)[nH]1. The Hall–Kier alpha value is -1.60. The zero-order chi connectivity index (χ0) is 12.5. The second kappa shape index (κ2) is 4.34. The van der Waals surface area contributed by atoms with Gasteiger partial charge < -0.3 is 4.98 Å². The van der Waals surface area contributed by atoms with Gasteiger partial charge in [-0.25, -0.2) is 9.97 Å². The van der Waals surface area contributed by atoms with Gasteiger partial charge in [-0.1, -0.05) is 11.6 Å². The Kier molecular flexibility index (Phi) is 3.03. The first-order chi connectivity index (χ1) is 7.99. The molecule has 0 aliphatic heterocycles. The summed E-state index contributed by atoms with van der Waals surface area (Å²) < 4.78 is 26.1. The van der Waals surface area contributed by atoms with E-state index < -0.39 is 10.0 Å². The van der Waals surface area contributed by atoms with Crippen molar-refractivity contribution in [3.05, 3.63) is 35.5 Å². The van der Waals surface area contributed by atoms with E-state index in [0.29, 0.717) is 5.82 Å². The van der Waals surface area contributed by atoms with E-state index >= 15 is 0 Å². The highest BCUT2D eigenvalue weighted by Crippen LogP contribution is 2.20. The number of halogens is 1. The largest absolute Gasteiger partial charge is 0.332 e. The van der Waals surface area contributed by atoms with Crippen molar-refractivity contribution in [3.63, 3.8) is 0 Å². The number of sulfonamides is 1. The van der Waals surface area contributed by atoms with E-state index in [1.807, 2.05) is 0 Å². The van der Waals surface area contributed by atoms with Gasteiger partial charge in [-0.05, 0) is 19.1 Å². The predicted molar refractivity (Wildman–Crippen MR) is 63.4 cm³/mol. The molecule has 0 aliphatic rings. The van der Waals surface area contributed by atoms with Crippen LogP contribution in [0, 0.1) is 6.92 Å². The highest BCUT2D eigenvalue weighted by atomic mass is 35.5. The molecule has 8 heteroatoms. The normalized spacial score (nSPS) is 11.4. The van der Waals surface area contributed by atoms with E-state index in [1.165, 1.54) is 18.5 Å². The van der Waals surface area contributed by atoms with Gasteiger partial charge in [0, 0.05) is 6.20 Å². The van der Waals surface area contributed by atoms with Crippen molar-refractivity contribution >= 4 is 27.3 Å². The monoisotopic (exact) mass is 272 g/mol. The molecule has 0 radical (unpaired) electrons. The predicted octanol–water partition coefficient (Wildman–Crippen LogP) is 1.57. The molecule has 2 rings (SSSR count). The Bertz CT molecular complexity index is 638. The van der Waals surface area contributed by atoms with Crippen LogP contribution < -0.4 is 4.72 Å². The van der Waals surface area contributed by atoms with Crippen molar-refractivity contribution in [2.24, 2.45) is 0 Å². The Morgan fingerprint density at radius 1 is 1.41 bits per heavy atom. The number of imidazole rings is 1. The average Bonchev–Trinajstić information content (AvgIpc) is 2.69. The third kappa shape index (κ3) is 2.56. The van der Waals surface area contributed by atoms with Crippen LogP contribution >= 0.6 is 11.6 Å². The summed E-state index contributed by atoms with van der Waals surface area (Å²) in [5.74, 6) is 0.516. The maximum atomic E-state index is 11.9. The van der Waals surface area contributed by atoms with E-state index in [1.54, 1.807) is 13.0 Å². The first-order valence-electron chi connectivity index (χ1n) is 4.64. The van der Waals surface area contributed by atoms with Gasteiger partial charge >= 0.3 is 0 Å². The van der Waals surface area contributed by atoms with Crippen LogP contribution in [0.5, 0.6) is 0 Å². The van der Waals surface area contributed by atoms with Crippen molar-refractivity contribution in [3.8, 4) is 0 Å². The molecule has 0 atom stereocenters. The molecule has 2 aromatic rings. The summed E-state index contributed by atoms with van der Waals surface area (Å²) in [6.07, 6.45) is 2.71. The van der Waals surface area contributed by atoms with Gasteiger partial charge in [-0.3, -0.25) is 4.72 Å². The van der Waals surface area contributed by atoms with E-state index in [4.69, 9.17) is 11.6 Å². The van der Waals surface area contributed by atoms with E-state index in [0.717, 1.165) is 0 Å². The molecule has 0 aromatic carbocycles. The Morgan fingerprint density at radius 3 is 2.76 bits per heavy atom. The number of aromatic amines is 1. The summed E-state index contributed by atoms with van der Waals surface area (Å²) in [4.78, 5) is 10.2. The molecule has 17 heavy (non-hydrogen) atoms.